The normalized spacial score (nSPS) is 18.3. The smallest absolute Gasteiger partial charge is 0.262 e. The summed E-state index contributed by atoms with van der Waals surface area (Å²) in [6.07, 6.45) is -0.612. The summed E-state index contributed by atoms with van der Waals surface area (Å²) in [6, 6.07) is 7.33. The quantitative estimate of drug-likeness (QED) is 0.806. The van der Waals surface area contributed by atoms with Crippen LogP contribution in [-0.4, -0.2) is 42.2 Å². The summed E-state index contributed by atoms with van der Waals surface area (Å²) in [5.74, 6) is -0.233. The van der Waals surface area contributed by atoms with Crippen LogP contribution in [0.2, 0.25) is 0 Å². The molecule has 0 aliphatic carbocycles. The van der Waals surface area contributed by atoms with E-state index < -0.39 is 9.96 Å². The predicted octanol–water partition coefficient (Wildman–Crippen LogP) is 1.34. The second kappa shape index (κ2) is 7.16. The van der Waals surface area contributed by atoms with E-state index in [1.807, 2.05) is 25.1 Å². The first kappa shape index (κ1) is 16.8. The van der Waals surface area contributed by atoms with Gasteiger partial charge in [-0.2, -0.15) is 0 Å². The molecule has 0 radical (unpaired) electrons. The molecule has 2 N–H and O–H groups in total. The van der Waals surface area contributed by atoms with Crippen molar-refractivity contribution in [1.29, 1.82) is 0 Å². The fourth-order valence-corrected chi connectivity index (χ4v) is 3.00. The molecule has 0 spiro atoms. The number of rotatable bonds is 3. The summed E-state index contributed by atoms with van der Waals surface area (Å²) in [6.45, 7) is 4.43. The van der Waals surface area contributed by atoms with Crippen molar-refractivity contribution >= 4 is 40.7 Å². The van der Waals surface area contributed by atoms with Gasteiger partial charge in [-0.15, -0.1) is 0 Å². The Kier molecular flexibility index (Phi) is 5.74. The molecule has 1 aromatic carbocycles. The molecule has 1 atom stereocenters. The molecule has 0 bridgehead atoms. The number of amides is 1. The van der Waals surface area contributed by atoms with Gasteiger partial charge in [0.15, 0.2) is 0 Å². The van der Waals surface area contributed by atoms with E-state index in [1.54, 1.807) is 6.07 Å². The third kappa shape index (κ3) is 4.47. The number of carbonyl (C=O) groups excluding carboxylic acids is 1. The Hall–Kier alpha value is -0.520. The minimum atomic E-state index is -1.58. The van der Waals surface area contributed by atoms with Crippen molar-refractivity contribution in [3.63, 3.8) is 0 Å². The van der Waals surface area contributed by atoms with Crippen LogP contribution >= 0.6 is 34.8 Å². The number of morpholine rings is 1. The summed E-state index contributed by atoms with van der Waals surface area (Å²) in [4.78, 5) is 13.4. The number of halogens is 3. The molecule has 1 heterocycles. The maximum Gasteiger partial charge on any atom is 0.262 e. The number of hydrogen-bond acceptors (Lipinski definition) is 2. The highest BCUT2D eigenvalue weighted by Gasteiger charge is 2.42. The van der Waals surface area contributed by atoms with Crippen LogP contribution in [-0.2, 0) is 4.74 Å². The molecule has 1 amide bonds. The molecule has 1 saturated heterocycles. The Morgan fingerprint density at radius 1 is 1.29 bits per heavy atom. The molecule has 21 heavy (non-hydrogen) atoms. The Morgan fingerprint density at radius 3 is 2.48 bits per heavy atom. The van der Waals surface area contributed by atoms with E-state index in [-0.39, 0.29) is 5.91 Å². The van der Waals surface area contributed by atoms with Gasteiger partial charge in [0.1, 0.15) is 13.1 Å². The van der Waals surface area contributed by atoms with Gasteiger partial charge in [0, 0.05) is 5.56 Å². The summed E-state index contributed by atoms with van der Waals surface area (Å²) in [5.41, 5.74) is 1.47. The third-order valence-electron chi connectivity index (χ3n) is 3.54. The minimum absolute atomic E-state index is 0.233. The number of ether oxygens (including phenoxy) is 1. The van der Waals surface area contributed by atoms with Gasteiger partial charge >= 0.3 is 0 Å². The molecule has 1 aromatic rings. The molecule has 0 saturated carbocycles. The van der Waals surface area contributed by atoms with Crippen molar-refractivity contribution in [2.75, 3.05) is 26.3 Å². The lowest BCUT2D eigenvalue weighted by atomic mass is 10.1. The Labute approximate surface area is 139 Å². The number of benzene rings is 1. The number of aryl methyl sites for hydroxylation is 1. The SMILES string of the molecule is Cc1ccccc1C(=O)N[C@@H]([NH+]1CCOCC1)C(Cl)(Cl)Cl. The van der Waals surface area contributed by atoms with Gasteiger partial charge in [-0.3, -0.25) is 10.1 Å². The Balaban J connectivity index is 2.15. The van der Waals surface area contributed by atoms with Crippen molar-refractivity contribution in [3.8, 4) is 0 Å². The van der Waals surface area contributed by atoms with Gasteiger partial charge in [0.25, 0.3) is 9.70 Å². The lowest BCUT2D eigenvalue weighted by molar-refractivity contribution is -0.934. The van der Waals surface area contributed by atoms with Crippen molar-refractivity contribution < 1.29 is 14.4 Å². The highest BCUT2D eigenvalue weighted by Crippen LogP contribution is 2.28. The molecule has 0 aromatic heterocycles. The second-order valence-electron chi connectivity index (χ2n) is 5.03. The topological polar surface area (TPSA) is 42.8 Å². The summed E-state index contributed by atoms with van der Waals surface area (Å²) < 4.78 is 3.73. The summed E-state index contributed by atoms with van der Waals surface area (Å²) in [5, 5.41) is 2.86. The van der Waals surface area contributed by atoms with Gasteiger partial charge in [-0.05, 0) is 18.6 Å². The first-order valence-electron chi connectivity index (χ1n) is 6.75. The average molecular weight is 353 g/mol. The van der Waals surface area contributed by atoms with E-state index in [4.69, 9.17) is 39.5 Å². The van der Waals surface area contributed by atoms with E-state index in [0.29, 0.717) is 31.9 Å². The van der Waals surface area contributed by atoms with Crippen molar-refractivity contribution in [1.82, 2.24) is 5.32 Å². The monoisotopic (exact) mass is 351 g/mol. The summed E-state index contributed by atoms with van der Waals surface area (Å²) >= 11 is 18.2. The highest BCUT2D eigenvalue weighted by molar-refractivity contribution is 6.68. The molecule has 1 fully saturated rings. The van der Waals surface area contributed by atoms with Crippen LogP contribution in [0.25, 0.3) is 0 Å². The molecule has 116 valence electrons. The molecule has 1 aliphatic heterocycles. The average Bonchev–Trinajstić information content (AvgIpc) is 2.44. The van der Waals surface area contributed by atoms with E-state index in [0.717, 1.165) is 10.5 Å². The predicted molar refractivity (Wildman–Crippen MR) is 84.2 cm³/mol. The van der Waals surface area contributed by atoms with Gasteiger partial charge in [-0.25, -0.2) is 0 Å². The molecular weight excluding hydrogens is 335 g/mol. The zero-order valence-corrected chi connectivity index (χ0v) is 13.9. The van der Waals surface area contributed by atoms with Crippen molar-refractivity contribution in [3.05, 3.63) is 35.4 Å². The molecule has 2 rings (SSSR count). The lowest BCUT2D eigenvalue weighted by Crippen LogP contribution is -3.21. The van der Waals surface area contributed by atoms with Crippen molar-refractivity contribution in [2.45, 2.75) is 16.9 Å². The van der Waals surface area contributed by atoms with Crippen LogP contribution in [0, 0.1) is 6.92 Å². The van der Waals surface area contributed by atoms with Crippen LogP contribution < -0.4 is 10.2 Å². The van der Waals surface area contributed by atoms with Crippen LogP contribution in [0.5, 0.6) is 0 Å². The van der Waals surface area contributed by atoms with Crippen LogP contribution in [0.3, 0.4) is 0 Å². The molecule has 1 aliphatic rings. The molecule has 7 heteroatoms. The van der Waals surface area contributed by atoms with Crippen LogP contribution in [0.1, 0.15) is 15.9 Å². The Morgan fingerprint density at radius 2 is 1.90 bits per heavy atom. The van der Waals surface area contributed by atoms with Crippen LogP contribution in [0.15, 0.2) is 24.3 Å². The maximum absolute atomic E-state index is 12.4. The maximum atomic E-state index is 12.4. The number of carbonyl (C=O) groups is 1. The lowest BCUT2D eigenvalue weighted by Gasteiger charge is -2.35. The zero-order chi connectivity index (χ0) is 15.5. The van der Waals surface area contributed by atoms with Gasteiger partial charge in [0.2, 0.25) is 6.17 Å². The van der Waals surface area contributed by atoms with Gasteiger partial charge in [-0.1, -0.05) is 53.0 Å². The number of hydrogen-bond donors (Lipinski definition) is 2. The fraction of sp³-hybridized carbons (Fsp3) is 0.500. The zero-order valence-electron chi connectivity index (χ0n) is 11.7. The first-order valence-corrected chi connectivity index (χ1v) is 7.88. The van der Waals surface area contributed by atoms with Gasteiger partial charge < -0.3 is 9.64 Å². The minimum Gasteiger partial charge on any atom is -0.370 e. The van der Waals surface area contributed by atoms with Crippen LogP contribution in [0.4, 0.5) is 0 Å². The largest absolute Gasteiger partial charge is 0.370 e. The summed E-state index contributed by atoms with van der Waals surface area (Å²) in [7, 11) is 0. The first-order chi connectivity index (χ1) is 9.89. The fourth-order valence-electron chi connectivity index (χ4n) is 2.37. The van der Waals surface area contributed by atoms with E-state index in [2.05, 4.69) is 5.32 Å². The molecular formula is C14H18Cl3N2O2+. The number of nitrogens with one attached hydrogen (secondary N) is 2. The van der Waals surface area contributed by atoms with E-state index in [1.165, 1.54) is 0 Å². The Bertz CT molecular complexity index is 499. The highest BCUT2D eigenvalue weighted by atomic mass is 35.6. The standard InChI is InChI=1S/C14H17Cl3N2O2/c1-10-4-2-3-5-11(10)12(20)18-13(14(15,16)17)19-6-8-21-9-7-19/h2-5,13H,6-9H2,1H3,(H,18,20)/p+1/t13-/m0/s1. The second-order valence-corrected chi connectivity index (χ2v) is 7.40. The number of quaternary nitrogens is 1. The number of alkyl halides is 3. The van der Waals surface area contributed by atoms with Crippen molar-refractivity contribution in [2.24, 2.45) is 0 Å². The molecule has 4 nitrogen and oxygen atoms in total. The van der Waals surface area contributed by atoms with E-state index in [9.17, 15) is 4.79 Å². The molecule has 0 unspecified atom stereocenters. The van der Waals surface area contributed by atoms with E-state index >= 15 is 0 Å². The third-order valence-corrected chi connectivity index (χ3v) is 4.19. The van der Waals surface area contributed by atoms with Gasteiger partial charge in [0.05, 0.1) is 13.2 Å².